The number of benzene rings is 1. The lowest BCUT2D eigenvalue weighted by Gasteiger charge is -2.17. The van der Waals surface area contributed by atoms with Gasteiger partial charge in [0.15, 0.2) is 6.10 Å². The predicted molar refractivity (Wildman–Crippen MR) is 81.9 cm³/mol. The molecule has 0 fully saturated rings. The van der Waals surface area contributed by atoms with E-state index in [-0.39, 0.29) is 29.9 Å². The van der Waals surface area contributed by atoms with Crippen LogP contribution in [0.1, 0.15) is 24.0 Å². The summed E-state index contributed by atoms with van der Waals surface area (Å²) in [5.41, 5.74) is 0.946. The van der Waals surface area contributed by atoms with Gasteiger partial charge in [-0.15, -0.1) is 10.2 Å². The highest BCUT2D eigenvalue weighted by Crippen LogP contribution is 2.24. The number of alkyl halides is 2. The Balaban J connectivity index is 1.75. The van der Waals surface area contributed by atoms with Gasteiger partial charge in [-0.05, 0) is 17.7 Å². The molecule has 0 saturated carbocycles. The Morgan fingerprint density at radius 1 is 1.08 bits per heavy atom. The van der Waals surface area contributed by atoms with Crippen molar-refractivity contribution in [3.05, 3.63) is 53.9 Å². The van der Waals surface area contributed by atoms with Crippen molar-refractivity contribution in [1.29, 1.82) is 0 Å². The molecule has 10 heteroatoms. The van der Waals surface area contributed by atoms with Gasteiger partial charge >= 0.3 is 12.4 Å². The smallest absolute Gasteiger partial charge is 0.317 e. The second-order valence-corrected chi connectivity index (χ2v) is 5.11. The van der Waals surface area contributed by atoms with Gasteiger partial charge in [0.2, 0.25) is 0 Å². The fourth-order valence-corrected chi connectivity index (χ4v) is 2.08. The molecule has 0 saturated heterocycles. The van der Waals surface area contributed by atoms with Gasteiger partial charge in [0.05, 0.1) is 12.2 Å². The van der Waals surface area contributed by atoms with E-state index in [0.717, 1.165) is 0 Å². The van der Waals surface area contributed by atoms with Crippen LogP contribution in [-0.2, 0) is 4.74 Å². The van der Waals surface area contributed by atoms with Crippen LogP contribution in [0.3, 0.4) is 0 Å². The highest BCUT2D eigenvalue weighted by atomic mass is 19.3. The van der Waals surface area contributed by atoms with Crippen LogP contribution < -0.4 is 4.74 Å². The van der Waals surface area contributed by atoms with Gasteiger partial charge in [0, 0.05) is 19.5 Å². The van der Waals surface area contributed by atoms with E-state index >= 15 is 0 Å². The van der Waals surface area contributed by atoms with Gasteiger partial charge in [-0.2, -0.15) is 8.78 Å². The van der Waals surface area contributed by atoms with Crippen molar-refractivity contribution >= 4 is 0 Å². The molecule has 0 aliphatic carbocycles. The van der Waals surface area contributed by atoms with Crippen LogP contribution >= 0.6 is 0 Å². The fraction of sp³-hybridized carbons (Fsp3) is 0.250. The number of hydrogen-bond acceptors (Lipinski definition) is 7. The van der Waals surface area contributed by atoms with Crippen molar-refractivity contribution in [1.82, 2.24) is 20.2 Å². The number of methoxy groups -OCH3 is 1. The molecule has 2 heterocycles. The van der Waals surface area contributed by atoms with E-state index < -0.39 is 18.4 Å². The third-order valence-corrected chi connectivity index (χ3v) is 3.31. The largest absolute Gasteiger partial charge is 0.453 e. The summed E-state index contributed by atoms with van der Waals surface area (Å²) in [7, 11) is 1.50. The molecule has 7 nitrogen and oxygen atoms in total. The average Bonchev–Trinajstić information content (AvgIpc) is 3.13. The molecule has 0 radical (unpaired) electrons. The lowest BCUT2D eigenvalue weighted by molar-refractivity contribution is 0.0742. The van der Waals surface area contributed by atoms with Crippen LogP contribution in [0.4, 0.5) is 13.2 Å². The highest BCUT2D eigenvalue weighted by molar-refractivity contribution is 5.49. The van der Waals surface area contributed by atoms with E-state index in [2.05, 4.69) is 20.2 Å². The number of ether oxygens (including phenoxy) is 2. The summed E-state index contributed by atoms with van der Waals surface area (Å²) in [5, 5.41) is 6.74. The molecule has 0 N–H and O–H groups in total. The summed E-state index contributed by atoms with van der Waals surface area (Å²) in [6, 6.07) is 5.77. The van der Waals surface area contributed by atoms with E-state index in [1.165, 1.54) is 31.6 Å². The molecular formula is C16H13F3N4O3. The molecule has 0 amide bonds. The van der Waals surface area contributed by atoms with E-state index in [1.54, 1.807) is 12.1 Å². The average molecular weight is 366 g/mol. The Morgan fingerprint density at radius 2 is 1.77 bits per heavy atom. The molecule has 1 aromatic carbocycles. The van der Waals surface area contributed by atoms with Gasteiger partial charge in [0.1, 0.15) is 5.82 Å². The molecule has 26 heavy (non-hydrogen) atoms. The van der Waals surface area contributed by atoms with Crippen LogP contribution in [0.15, 0.2) is 41.1 Å². The van der Waals surface area contributed by atoms with Crippen molar-refractivity contribution in [2.75, 3.05) is 13.7 Å². The summed E-state index contributed by atoms with van der Waals surface area (Å²) in [6.07, 6.45) is -0.801. The number of aromatic nitrogens is 4. The molecule has 1 atom stereocenters. The normalized spacial score (nSPS) is 12.3. The second-order valence-electron chi connectivity index (χ2n) is 5.11. The molecule has 0 bridgehead atoms. The molecular weight excluding hydrogens is 353 g/mol. The minimum Gasteiger partial charge on any atom is -0.453 e. The van der Waals surface area contributed by atoms with Crippen LogP contribution in [0, 0.1) is 5.82 Å². The Morgan fingerprint density at radius 3 is 2.35 bits per heavy atom. The summed E-state index contributed by atoms with van der Waals surface area (Å²) >= 11 is 0. The van der Waals surface area contributed by atoms with Crippen molar-refractivity contribution in [2.45, 2.75) is 12.5 Å². The number of rotatable bonds is 7. The minimum atomic E-state index is -2.86. The Labute approximate surface area is 145 Å². The minimum absolute atomic E-state index is 0.0220. The first-order valence-corrected chi connectivity index (χ1v) is 7.42. The maximum absolute atomic E-state index is 13.1. The topological polar surface area (TPSA) is 83.2 Å². The monoisotopic (exact) mass is 366 g/mol. The molecule has 0 aliphatic heterocycles. The third kappa shape index (κ3) is 4.14. The quantitative estimate of drug-likeness (QED) is 0.634. The van der Waals surface area contributed by atoms with E-state index in [9.17, 15) is 13.2 Å². The lowest BCUT2D eigenvalue weighted by atomic mass is 10.1. The lowest BCUT2D eigenvalue weighted by Crippen LogP contribution is -2.15. The molecule has 1 unspecified atom stereocenters. The van der Waals surface area contributed by atoms with Gasteiger partial charge in [-0.3, -0.25) is 0 Å². The van der Waals surface area contributed by atoms with E-state index in [1.807, 2.05) is 0 Å². The second kappa shape index (κ2) is 7.91. The maximum Gasteiger partial charge on any atom is 0.317 e. The van der Waals surface area contributed by atoms with Gasteiger partial charge in [-0.25, -0.2) is 14.4 Å². The standard InChI is InChI=1S/C16H13F3N4O3/c1-24-8-12(9-2-4-11(17)5-3-9)25-16-20-6-10(7-21-16)14-22-23-15(26-14)13(18)19/h2-7,12-13H,8H2,1H3. The van der Waals surface area contributed by atoms with Crippen LogP contribution in [0.25, 0.3) is 11.5 Å². The number of nitrogens with zero attached hydrogens (tertiary/aromatic N) is 4. The van der Waals surface area contributed by atoms with Crippen LogP contribution in [0.5, 0.6) is 6.01 Å². The zero-order valence-corrected chi connectivity index (χ0v) is 13.5. The predicted octanol–water partition coefficient (Wildman–Crippen LogP) is 3.37. The molecule has 136 valence electrons. The first-order valence-electron chi connectivity index (χ1n) is 7.42. The maximum atomic E-state index is 13.1. The van der Waals surface area contributed by atoms with Gasteiger partial charge in [-0.1, -0.05) is 12.1 Å². The van der Waals surface area contributed by atoms with E-state index in [4.69, 9.17) is 13.9 Å². The van der Waals surface area contributed by atoms with Crippen molar-refractivity contribution in [3.8, 4) is 17.5 Å². The van der Waals surface area contributed by atoms with E-state index in [0.29, 0.717) is 5.56 Å². The molecule has 3 rings (SSSR count). The molecule has 3 aromatic rings. The Bertz CT molecular complexity index is 841. The molecule has 2 aromatic heterocycles. The molecule has 0 spiro atoms. The van der Waals surface area contributed by atoms with Gasteiger partial charge in [0.25, 0.3) is 11.8 Å². The summed E-state index contributed by atoms with van der Waals surface area (Å²) in [4.78, 5) is 7.99. The summed E-state index contributed by atoms with van der Waals surface area (Å²) < 4.78 is 53.6. The number of halogens is 3. The van der Waals surface area contributed by atoms with Crippen LogP contribution in [-0.4, -0.2) is 33.9 Å². The zero-order valence-electron chi connectivity index (χ0n) is 13.5. The first-order chi connectivity index (χ1) is 12.6. The number of hydrogen-bond donors (Lipinski definition) is 0. The Kier molecular flexibility index (Phi) is 5.42. The zero-order chi connectivity index (χ0) is 18.5. The fourth-order valence-electron chi connectivity index (χ4n) is 2.08. The van der Waals surface area contributed by atoms with Crippen molar-refractivity contribution in [2.24, 2.45) is 0 Å². The third-order valence-electron chi connectivity index (χ3n) is 3.31. The first kappa shape index (κ1) is 17.8. The Hall–Kier alpha value is -3.01. The van der Waals surface area contributed by atoms with Crippen LogP contribution in [0.2, 0.25) is 0 Å². The van der Waals surface area contributed by atoms with Crippen molar-refractivity contribution in [3.63, 3.8) is 0 Å². The summed E-state index contributed by atoms with van der Waals surface area (Å²) in [5.74, 6) is -1.27. The highest BCUT2D eigenvalue weighted by Gasteiger charge is 2.18. The molecule has 0 aliphatic rings. The van der Waals surface area contributed by atoms with Gasteiger partial charge < -0.3 is 13.9 Å². The summed E-state index contributed by atoms with van der Waals surface area (Å²) in [6.45, 7) is 0.193. The van der Waals surface area contributed by atoms with Crippen molar-refractivity contribution < 1.29 is 27.1 Å². The SMILES string of the molecule is COCC(Oc1ncc(-c2nnc(C(F)F)o2)cn1)c1ccc(F)cc1.